The Labute approximate surface area is 106 Å². The Kier molecular flexibility index (Phi) is 4.11. The van der Waals surface area contributed by atoms with Crippen LogP contribution in [0.25, 0.3) is 0 Å². The molecule has 2 N–H and O–H groups in total. The highest BCUT2D eigenvalue weighted by atomic mass is 16.3. The highest BCUT2D eigenvalue weighted by Crippen LogP contribution is 2.36. The van der Waals surface area contributed by atoms with Crippen molar-refractivity contribution in [1.29, 1.82) is 0 Å². The fourth-order valence-electron chi connectivity index (χ4n) is 3.62. The second kappa shape index (κ2) is 5.25. The zero-order chi connectivity index (χ0) is 12.5. The van der Waals surface area contributed by atoms with Crippen molar-refractivity contribution in [2.24, 2.45) is 11.8 Å². The normalized spacial score (nSPS) is 43.4. The summed E-state index contributed by atoms with van der Waals surface area (Å²) in [5.41, 5.74) is 0.00842. The Balaban J connectivity index is 1.93. The Bertz CT molecular complexity index is 249. The van der Waals surface area contributed by atoms with Crippen LogP contribution in [-0.2, 0) is 0 Å². The molecule has 4 atom stereocenters. The van der Waals surface area contributed by atoms with Gasteiger partial charge in [0.05, 0.1) is 6.61 Å². The lowest BCUT2D eigenvalue weighted by molar-refractivity contribution is 0.150. The number of likely N-dealkylation sites (tertiary alicyclic amines) is 1. The molecule has 2 aliphatic rings. The largest absolute Gasteiger partial charge is 0.394 e. The second-order valence-electron chi connectivity index (χ2n) is 6.27. The van der Waals surface area contributed by atoms with Crippen LogP contribution >= 0.6 is 0 Å². The molecule has 3 heteroatoms. The zero-order valence-corrected chi connectivity index (χ0v) is 11.6. The molecule has 0 amide bonds. The van der Waals surface area contributed by atoms with Gasteiger partial charge in [-0.2, -0.15) is 0 Å². The summed E-state index contributed by atoms with van der Waals surface area (Å²) in [6, 6.07) is 0.689. The third-order valence-electron chi connectivity index (χ3n) is 4.97. The quantitative estimate of drug-likeness (QED) is 0.781. The fraction of sp³-hybridized carbons (Fsp3) is 1.00. The van der Waals surface area contributed by atoms with E-state index >= 15 is 0 Å². The highest BCUT2D eigenvalue weighted by Gasteiger charge is 2.42. The lowest BCUT2D eigenvalue weighted by atomic mass is 9.98. The number of aliphatic hydroxyl groups excluding tert-OH is 1. The van der Waals surface area contributed by atoms with E-state index in [9.17, 15) is 5.11 Å². The molecular formula is C14H28N2O. The first-order chi connectivity index (χ1) is 8.10. The van der Waals surface area contributed by atoms with Gasteiger partial charge in [-0.15, -0.1) is 0 Å². The van der Waals surface area contributed by atoms with E-state index < -0.39 is 0 Å². The molecule has 1 aliphatic heterocycles. The lowest BCUT2D eigenvalue weighted by Crippen LogP contribution is -2.47. The van der Waals surface area contributed by atoms with Gasteiger partial charge in [-0.3, -0.25) is 4.90 Å². The predicted molar refractivity (Wildman–Crippen MR) is 71.0 cm³/mol. The Morgan fingerprint density at radius 2 is 1.94 bits per heavy atom. The van der Waals surface area contributed by atoms with Gasteiger partial charge in [-0.05, 0) is 37.6 Å². The van der Waals surface area contributed by atoms with Crippen LogP contribution < -0.4 is 5.32 Å². The predicted octanol–water partition coefficient (Wildman–Crippen LogP) is 1.47. The maximum absolute atomic E-state index is 9.63. The Morgan fingerprint density at radius 1 is 1.29 bits per heavy atom. The number of aliphatic hydroxyl groups is 1. The van der Waals surface area contributed by atoms with E-state index in [1.165, 1.54) is 19.5 Å². The maximum Gasteiger partial charge on any atom is 0.0613 e. The number of nitrogens with zero attached hydrogens (tertiary/aromatic N) is 1. The van der Waals surface area contributed by atoms with Gasteiger partial charge in [-0.1, -0.05) is 20.8 Å². The van der Waals surface area contributed by atoms with Gasteiger partial charge in [0.2, 0.25) is 0 Å². The molecule has 0 radical (unpaired) electrons. The van der Waals surface area contributed by atoms with Gasteiger partial charge < -0.3 is 10.4 Å². The van der Waals surface area contributed by atoms with Crippen LogP contribution in [0, 0.1) is 11.8 Å². The van der Waals surface area contributed by atoms with E-state index in [-0.39, 0.29) is 12.1 Å². The summed E-state index contributed by atoms with van der Waals surface area (Å²) in [6.07, 6.45) is 3.49. The monoisotopic (exact) mass is 240 g/mol. The third kappa shape index (κ3) is 2.67. The summed E-state index contributed by atoms with van der Waals surface area (Å²) in [7, 11) is 0. The van der Waals surface area contributed by atoms with Crippen LogP contribution in [-0.4, -0.2) is 47.8 Å². The zero-order valence-electron chi connectivity index (χ0n) is 11.6. The molecule has 3 nitrogen and oxygen atoms in total. The average Bonchev–Trinajstić information content (AvgIpc) is 2.86. The van der Waals surface area contributed by atoms with Crippen molar-refractivity contribution in [3.05, 3.63) is 0 Å². The van der Waals surface area contributed by atoms with Crippen LogP contribution in [0.15, 0.2) is 0 Å². The van der Waals surface area contributed by atoms with Crippen LogP contribution in [0.5, 0.6) is 0 Å². The van der Waals surface area contributed by atoms with E-state index in [4.69, 9.17) is 0 Å². The van der Waals surface area contributed by atoms with Crippen molar-refractivity contribution in [2.45, 2.75) is 51.6 Å². The summed E-state index contributed by atoms with van der Waals surface area (Å²) in [5.74, 6) is 1.66. The smallest absolute Gasteiger partial charge is 0.0613 e. The minimum atomic E-state index is 0.00842. The molecule has 100 valence electrons. The Hall–Kier alpha value is -0.120. The SMILES string of the molecule is CCNC1(CO)CCC(N2CC(C)C(C)C2)C1. The molecule has 4 unspecified atom stereocenters. The topological polar surface area (TPSA) is 35.5 Å². The first kappa shape index (κ1) is 13.3. The van der Waals surface area contributed by atoms with E-state index in [0.717, 1.165) is 31.2 Å². The third-order valence-corrected chi connectivity index (χ3v) is 4.97. The molecule has 0 bridgehead atoms. The molecule has 2 rings (SSSR count). The Morgan fingerprint density at radius 3 is 2.47 bits per heavy atom. The molecule has 0 aromatic heterocycles. The van der Waals surface area contributed by atoms with E-state index in [1.54, 1.807) is 0 Å². The minimum absolute atomic E-state index is 0.00842. The number of nitrogens with one attached hydrogen (secondary N) is 1. The summed E-state index contributed by atoms with van der Waals surface area (Å²) in [4.78, 5) is 2.66. The molecule has 0 aromatic rings. The van der Waals surface area contributed by atoms with Crippen molar-refractivity contribution in [2.75, 3.05) is 26.2 Å². The molecular weight excluding hydrogens is 212 g/mol. The van der Waals surface area contributed by atoms with Gasteiger partial charge in [0.1, 0.15) is 0 Å². The number of hydrogen-bond donors (Lipinski definition) is 2. The van der Waals surface area contributed by atoms with Crippen LogP contribution in [0.3, 0.4) is 0 Å². The second-order valence-corrected chi connectivity index (χ2v) is 6.27. The van der Waals surface area contributed by atoms with Gasteiger partial charge in [0.25, 0.3) is 0 Å². The van der Waals surface area contributed by atoms with Crippen LogP contribution in [0.2, 0.25) is 0 Å². The van der Waals surface area contributed by atoms with Gasteiger partial charge in [0, 0.05) is 24.7 Å². The van der Waals surface area contributed by atoms with Crippen molar-refractivity contribution < 1.29 is 5.11 Å². The molecule has 0 spiro atoms. The molecule has 2 fully saturated rings. The van der Waals surface area contributed by atoms with Crippen molar-refractivity contribution in [1.82, 2.24) is 10.2 Å². The number of rotatable bonds is 4. The van der Waals surface area contributed by atoms with E-state index in [1.807, 2.05) is 0 Å². The molecule has 0 aromatic carbocycles. The van der Waals surface area contributed by atoms with Gasteiger partial charge in [0.15, 0.2) is 0 Å². The summed E-state index contributed by atoms with van der Waals surface area (Å²) >= 11 is 0. The molecule has 1 saturated heterocycles. The van der Waals surface area contributed by atoms with Gasteiger partial charge in [-0.25, -0.2) is 0 Å². The molecule has 1 heterocycles. The van der Waals surface area contributed by atoms with E-state index in [0.29, 0.717) is 6.04 Å². The van der Waals surface area contributed by atoms with Crippen molar-refractivity contribution >= 4 is 0 Å². The lowest BCUT2D eigenvalue weighted by Gasteiger charge is -2.30. The molecule has 17 heavy (non-hydrogen) atoms. The number of hydrogen-bond acceptors (Lipinski definition) is 3. The maximum atomic E-state index is 9.63. The first-order valence-electron chi connectivity index (χ1n) is 7.20. The average molecular weight is 240 g/mol. The van der Waals surface area contributed by atoms with E-state index in [2.05, 4.69) is 31.0 Å². The van der Waals surface area contributed by atoms with Crippen molar-refractivity contribution in [3.8, 4) is 0 Å². The summed E-state index contributed by atoms with van der Waals surface area (Å²) in [5, 5.41) is 13.1. The molecule has 1 aliphatic carbocycles. The molecule has 1 saturated carbocycles. The standard InChI is InChI=1S/C14H28N2O/c1-4-15-14(10-17)6-5-13(7-14)16-8-11(2)12(3)9-16/h11-13,15,17H,4-10H2,1-3H3. The fourth-order valence-corrected chi connectivity index (χ4v) is 3.62. The minimum Gasteiger partial charge on any atom is -0.394 e. The van der Waals surface area contributed by atoms with Gasteiger partial charge >= 0.3 is 0 Å². The summed E-state index contributed by atoms with van der Waals surface area (Å²) in [6.45, 7) is 10.6. The van der Waals surface area contributed by atoms with Crippen LogP contribution in [0.1, 0.15) is 40.0 Å². The number of likely N-dealkylation sites (N-methyl/N-ethyl adjacent to an activating group) is 1. The summed E-state index contributed by atoms with van der Waals surface area (Å²) < 4.78 is 0. The van der Waals surface area contributed by atoms with Crippen molar-refractivity contribution in [3.63, 3.8) is 0 Å². The van der Waals surface area contributed by atoms with Crippen LogP contribution in [0.4, 0.5) is 0 Å². The first-order valence-corrected chi connectivity index (χ1v) is 7.20. The highest BCUT2D eigenvalue weighted by molar-refractivity contribution is 5.00.